The van der Waals surface area contributed by atoms with Crippen molar-refractivity contribution >= 4 is 5.82 Å². The number of hydrogen-bond acceptors (Lipinski definition) is 4. The molecule has 20 heavy (non-hydrogen) atoms. The molecular weight excluding hydrogens is 271 g/mol. The summed E-state index contributed by atoms with van der Waals surface area (Å²) >= 11 is 0. The molecule has 0 unspecified atom stereocenters. The molecule has 0 amide bonds. The third kappa shape index (κ3) is 3.59. The van der Waals surface area contributed by atoms with Crippen LogP contribution >= 0.6 is 0 Å². The first kappa shape index (κ1) is 14.1. The van der Waals surface area contributed by atoms with E-state index in [1.54, 1.807) is 6.07 Å². The van der Waals surface area contributed by atoms with Crippen LogP contribution in [0.1, 0.15) is 12.7 Å². The van der Waals surface area contributed by atoms with Gasteiger partial charge in [-0.05, 0) is 12.1 Å². The zero-order valence-electron chi connectivity index (χ0n) is 10.6. The third-order valence-electron chi connectivity index (χ3n) is 2.47. The molecule has 0 spiro atoms. The molecule has 1 heterocycles. The van der Waals surface area contributed by atoms with E-state index >= 15 is 0 Å². The molecule has 0 radical (unpaired) electrons. The normalized spacial score (nSPS) is 11.4. The molecule has 2 aromatic rings. The van der Waals surface area contributed by atoms with Gasteiger partial charge < -0.3 is 10.5 Å². The molecule has 0 fully saturated rings. The minimum absolute atomic E-state index is 0.272. The summed E-state index contributed by atoms with van der Waals surface area (Å²) in [5.41, 5.74) is 6.59. The highest BCUT2D eigenvalue weighted by Crippen LogP contribution is 2.27. The topological polar surface area (TPSA) is 61.0 Å². The van der Waals surface area contributed by atoms with E-state index in [-0.39, 0.29) is 11.6 Å². The Morgan fingerprint density at radius 1 is 1.20 bits per heavy atom. The highest BCUT2D eigenvalue weighted by molar-refractivity contribution is 5.63. The SMILES string of the molecule is CCc1nc(N)cc(-c2cccc(OC(F)(F)F)c2)n1. The van der Waals surface area contributed by atoms with Crippen molar-refractivity contribution in [1.82, 2.24) is 9.97 Å². The lowest BCUT2D eigenvalue weighted by Gasteiger charge is -2.10. The molecule has 0 aliphatic heterocycles. The lowest BCUT2D eigenvalue weighted by molar-refractivity contribution is -0.274. The number of nitrogen functional groups attached to an aromatic ring is 1. The van der Waals surface area contributed by atoms with Gasteiger partial charge in [0.15, 0.2) is 0 Å². The molecule has 0 atom stereocenters. The Kier molecular flexibility index (Phi) is 3.78. The second-order valence-corrected chi connectivity index (χ2v) is 4.02. The standard InChI is InChI=1S/C13H12F3N3O/c1-2-12-18-10(7-11(17)19-12)8-4-3-5-9(6-8)20-13(14,15)16/h3-7H,2H2,1H3,(H2,17,18,19). The molecule has 0 saturated carbocycles. The van der Waals surface area contributed by atoms with Gasteiger partial charge in [-0.15, -0.1) is 13.2 Å². The van der Waals surface area contributed by atoms with Crippen molar-refractivity contribution in [2.45, 2.75) is 19.7 Å². The summed E-state index contributed by atoms with van der Waals surface area (Å²) in [7, 11) is 0. The smallest absolute Gasteiger partial charge is 0.406 e. The number of halogens is 3. The Bertz CT molecular complexity index is 614. The van der Waals surface area contributed by atoms with E-state index in [0.717, 1.165) is 0 Å². The van der Waals surface area contributed by atoms with E-state index in [9.17, 15) is 13.2 Å². The molecule has 0 bridgehead atoms. The van der Waals surface area contributed by atoms with E-state index < -0.39 is 6.36 Å². The van der Waals surface area contributed by atoms with Gasteiger partial charge in [0.1, 0.15) is 17.4 Å². The summed E-state index contributed by atoms with van der Waals surface area (Å²) in [4.78, 5) is 8.25. The maximum Gasteiger partial charge on any atom is 0.573 e. The van der Waals surface area contributed by atoms with Crippen LogP contribution in [0, 0.1) is 0 Å². The predicted molar refractivity (Wildman–Crippen MR) is 67.9 cm³/mol. The van der Waals surface area contributed by atoms with Crippen LogP contribution in [0.2, 0.25) is 0 Å². The number of nitrogens with two attached hydrogens (primary N) is 1. The van der Waals surface area contributed by atoms with E-state index in [2.05, 4.69) is 14.7 Å². The number of aryl methyl sites for hydroxylation is 1. The van der Waals surface area contributed by atoms with Crippen molar-refractivity contribution in [3.8, 4) is 17.0 Å². The molecule has 0 aliphatic carbocycles. The second kappa shape index (κ2) is 5.36. The minimum Gasteiger partial charge on any atom is -0.406 e. The zero-order valence-corrected chi connectivity index (χ0v) is 10.6. The van der Waals surface area contributed by atoms with Gasteiger partial charge >= 0.3 is 6.36 Å². The van der Waals surface area contributed by atoms with Crippen LogP contribution in [-0.2, 0) is 6.42 Å². The number of anilines is 1. The van der Waals surface area contributed by atoms with Gasteiger partial charge in [-0.3, -0.25) is 0 Å². The van der Waals surface area contributed by atoms with Crippen molar-refractivity contribution in [3.63, 3.8) is 0 Å². The van der Waals surface area contributed by atoms with E-state index in [4.69, 9.17) is 5.73 Å². The molecule has 2 N–H and O–H groups in total. The maximum absolute atomic E-state index is 12.2. The van der Waals surface area contributed by atoms with E-state index in [0.29, 0.717) is 23.5 Å². The first-order valence-electron chi connectivity index (χ1n) is 5.87. The van der Waals surface area contributed by atoms with Gasteiger partial charge in [-0.25, -0.2) is 9.97 Å². The number of benzene rings is 1. The van der Waals surface area contributed by atoms with Gasteiger partial charge in [0.05, 0.1) is 5.69 Å². The average Bonchev–Trinajstić information content (AvgIpc) is 2.36. The molecule has 1 aromatic heterocycles. The fourth-order valence-corrected chi connectivity index (χ4v) is 1.68. The van der Waals surface area contributed by atoms with Crippen LogP contribution in [-0.4, -0.2) is 16.3 Å². The van der Waals surface area contributed by atoms with Crippen molar-refractivity contribution in [3.05, 3.63) is 36.2 Å². The van der Waals surface area contributed by atoms with Crippen LogP contribution in [0.3, 0.4) is 0 Å². The summed E-state index contributed by atoms with van der Waals surface area (Å²) in [6, 6.07) is 7.08. The fraction of sp³-hybridized carbons (Fsp3) is 0.231. The maximum atomic E-state index is 12.2. The summed E-state index contributed by atoms with van der Waals surface area (Å²) in [6.45, 7) is 1.86. The van der Waals surface area contributed by atoms with Crippen LogP contribution in [0.4, 0.5) is 19.0 Å². The average molecular weight is 283 g/mol. The quantitative estimate of drug-likeness (QED) is 0.939. The van der Waals surface area contributed by atoms with Crippen molar-refractivity contribution < 1.29 is 17.9 Å². The van der Waals surface area contributed by atoms with Crippen LogP contribution in [0.15, 0.2) is 30.3 Å². The number of rotatable bonds is 3. The van der Waals surface area contributed by atoms with Gasteiger partial charge in [-0.2, -0.15) is 0 Å². The van der Waals surface area contributed by atoms with E-state index in [1.807, 2.05) is 6.92 Å². The first-order chi connectivity index (χ1) is 9.37. The Labute approximate surface area is 113 Å². The van der Waals surface area contributed by atoms with Gasteiger partial charge in [-0.1, -0.05) is 19.1 Å². The molecule has 2 rings (SSSR count). The molecule has 7 heteroatoms. The van der Waals surface area contributed by atoms with Crippen LogP contribution < -0.4 is 10.5 Å². The minimum atomic E-state index is -4.72. The summed E-state index contributed by atoms with van der Waals surface area (Å²) < 4.78 is 40.4. The highest BCUT2D eigenvalue weighted by atomic mass is 19.4. The molecular formula is C13H12F3N3O. The Hall–Kier alpha value is -2.31. The summed E-state index contributed by atoms with van der Waals surface area (Å²) in [5, 5.41) is 0. The Morgan fingerprint density at radius 2 is 1.95 bits per heavy atom. The highest BCUT2D eigenvalue weighted by Gasteiger charge is 2.31. The van der Waals surface area contributed by atoms with Crippen molar-refractivity contribution in [1.29, 1.82) is 0 Å². The third-order valence-corrected chi connectivity index (χ3v) is 2.47. The predicted octanol–water partition coefficient (Wildman–Crippen LogP) is 3.19. The number of alkyl halides is 3. The lowest BCUT2D eigenvalue weighted by Crippen LogP contribution is -2.17. The fourth-order valence-electron chi connectivity index (χ4n) is 1.68. The largest absolute Gasteiger partial charge is 0.573 e. The Balaban J connectivity index is 2.38. The Morgan fingerprint density at radius 3 is 2.60 bits per heavy atom. The number of hydrogen-bond donors (Lipinski definition) is 1. The summed E-state index contributed by atoms with van der Waals surface area (Å²) in [5.74, 6) is 0.501. The zero-order chi connectivity index (χ0) is 14.8. The monoisotopic (exact) mass is 283 g/mol. The molecule has 4 nitrogen and oxygen atoms in total. The van der Waals surface area contributed by atoms with Gasteiger partial charge in [0.25, 0.3) is 0 Å². The van der Waals surface area contributed by atoms with Gasteiger partial charge in [0, 0.05) is 18.1 Å². The number of ether oxygens (including phenoxy) is 1. The number of aromatic nitrogens is 2. The van der Waals surface area contributed by atoms with Crippen molar-refractivity contribution in [2.75, 3.05) is 5.73 Å². The van der Waals surface area contributed by atoms with Gasteiger partial charge in [0.2, 0.25) is 0 Å². The molecule has 0 aliphatic rings. The summed E-state index contributed by atoms with van der Waals surface area (Å²) in [6.07, 6.45) is -4.14. The number of nitrogens with zero attached hydrogens (tertiary/aromatic N) is 2. The van der Waals surface area contributed by atoms with Crippen LogP contribution in [0.25, 0.3) is 11.3 Å². The lowest BCUT2D eigenvalue weighted by atomic mass is 10.1. The first-order valence-corrected chi connectivity index (χ1v) is 5.87. The van der Waals surface area contributed by atoms with Crippen molar-refractivity contribution in [2.24, 2.45) is 0 Å². The molecule has 106 valence electrons. The van der Waals surface area contributed by atoms with Crippen LogP contribution in [0.5, 0.6) is 5.75 Å². The molecule has 1 aromatic carbocycles. The second-order valence-electron chi connectivity index (χ2n) is 4.02. The van der Waals surface area contributed by atoms with E-state index in [1.165, 1.54) is 24.3 Å². The molecule has 0 saturated heterocycles.